The molecule has 0 saturated heterocycles. The molecule has 1 rings (SSSR count). The van der Waals surface area contributed by atoms with E-state index in [4.69, 9.17) is 5.11 Å². The summed E-state index contributed by atoms with van der Waals surface area (Å²) in [6.07, 6.45) is 0.578. The SMILES string of the molecule is CC(C)c1csc(NC(=O)CCCC(=O)O)n1. The molecule has 1 heterocycles. The summed E-state index contributed by atoms with van der Waals surface area (Å²) >= 11 is 1.39. The zero-order valence-corrected chi connectivity index (χ0v) is 10.7. The molecule has 2 N–H and O–H groups in total. The molecule has 94 valence electrons. The molecule has 0 aliphatic heterocycles. The van der Waals surface area contributed by atoms with Crippen LogP contribution in [0.25, 0.3) is 0 Å². The van der Waals surface area contributed by atoms with E-state index >= 15 is 0 Å². The number of nitrogens with zero attached hydrogens (tertiary/aromatic N) is 1. The molecule has 1 aromatic rings. The van der Waals surface area contributed by atoms with Gasteiger partial charge in [0, 0.05) is 18.2 Å². The first kappa shape index (κ1) is 13.6. The van der Waals surface area contributed by atoms with Crippen LogP contribution in [0.5, 0.6) is 0 Å². The monoisotopic (exact) mass is 256 g/mol. The predicted octanol–water partition coefficient (Wildman–Crippen LogP) is 2.46. The maximum Gasteiger partial charge on any atom is 0.303 e. The van der Waals surface area contributed by atoms with Gasteiger partial charge in [-0.2, -0.15) is 0 Å². The van der Waals surface area contributed by atoms with Crippen LogP contribution in [-0.2, 0) is 9.59 Å². The molecule has 5 nitrogen and oxygen atoms in total. The molecule has 0 spiro atoms. The summed E-state index contributed by atoms with van der Waals surface area (Å²) in [6, 6.07) is 0. The number of amides is 1. The van der Waals surface area contributed by atoms with Gasteiger partial charge in [0.15, 0.2) is 5.13 Å². The molecule has 0 aliphatic carbocycles. The number of aliphatic carboxylic acids is 1. The standard InChI is InChI=1S/C11H16N2O3S/c1-7(2)8-6-17-11(12-8)13-9(14)4-3-5-10(15)16/h6-7H,3-5H2,1-2H3,(H,15,16)(H,12,13,14). The van der Waals surface area contributed by atoms with Gasteiger partial charge < -0.3 is 10.4 Å². The number of hydrogen-bond donors (Lipinski definition) is 2. The van der Waals surface area contributed by atoms with Gasteiger partial charge in [-0.05, 0) is 12.3 Å². The zero-order chi connectivity index (χ0) is 12.8. The lowest BCUT2D eigenvalue weighted by Gasteiger charge is -2.00. The number of anilines is 1. The van der Waals surface area contributed by atoms with E-state index in [-0.39, 0.29) is 18.7 Å². The fourth-order valence-electron chi connectivity index (χ4n) is 1.19. The summed E-state index contributed by atoms with van der Waals surface area (Å²) in [5, 5.41) is 13.6. The molecular weight excluding hydrogens is 240 g/mol. The van der Waals surface area contributed by atoms with E-state index in [0.717, 1.165) is 5.69 Å². The fraction of sp³-hybridized carbons (Fsp3) is 0.545. The fourth-order valence-corrected chi connectivity index (χ4v) is 2.08. The Morgan fingerprint density at radius 3 is 2.71 bits per heavy atom. The number of carbonyl (C=O) groups is 2. The van der Waals surface area contributed by atoms with Crippen molar-refractivity contribution in [2.24, 2.45) is 0 Å². The zero-order valence-electron chi connectivity index (χ0n) is 9.90. The first-order valence-corrected chi connectivity index (χ1v) is 6.34. The van der Waals surface area contributed by atoms with E-state index in [1.54, 1.807) is 0 Å². The molecule has 17 heavy (non-hydrogen) atoms. The van der Waals surface area contributed by atoms with Crippen LogP contribution in [0.4, 0.5) is 5.13 Å². The number of hydrogen-bond acceptors (Lipinski definition) is 4. The van der Waals surface area contributed by atoms with Crippen LogP contribution in [0.15, 0.2) is 5.38 Å². The van der Waals surface area contributed by atoms with Crippen LogP contribution in [0.3, 0.4) is 0 Å². The third-order valence-corrected chi connectivity index (χ3v) is 2.93. The number of carboxylic acids is 1. The van der Waals surface area contributed by atoms with Crippen LogP contribution < -0.4 is 5.32 Å². The molecule has 1 amide bonds. The lowest BCUT2D eigenvalue weighted by atomic mass is 10.2. The van der Waals surface area contributed by atoms with Gasteiger partial charge in [-0.1, -0.05) is 13.8 Å². The van der Waals surface area contributed by atoms with Crippen LogP contribution in [-0.4, -0.2) is 22.0 Å². The third kappa shape index (κ3) is 4.95. The van der Waals surface area contributed by atoms with E-state index in [1.165, 1.54) is 11.3 Å². The van der Waals surface area contributed by atoms with Crippen molar-refractivity contribution < 1.29 is 14.7 Å². The molecule has 0 aromatic carbocycles. The van der Waals surface area contributed by atoms with Crippen molar-refractivity contribution in [1.82, 2.24) is 4.98 Å². The number of aromatic nitrogens is 1. The van der Waals surface area contributed by atoms with Crippen molar-refractivity contribution in [1.29, 1.82) is 0 Å². The van der Waals surface area contributed by atoms with E-state index in [0.29, 0.717) is 17.5 Å². The number of rotatable bonds is 6. The Bertz CT molecular complexity index is 401. The van der Waals surface area contributed by atoms with Crippen molar-refractivity contribution in [3.8, 4) is 0 Å². The maximum atomic E-state index is 11.4. The van der Waals surface area contributed by atoms with Crippen molar-refractivity contribution in [3.63, 3.8) is 0 Å². The number of carbonyl (C=O) groups excluding carboxylic acids is 1. The Morgan fingerprint density at radius 1 is 1.47 bits per heavy atom. The largest absolute Gasteiger partial charge is 0.481 e. The van der Waals surface area contributed by atoms with Crippen LogP contribution in [0.1, 0.15) is 44.7 Å². The average Bonchev–Trinajstić information content (AvgIpc) is 2.65. The molecule has 0 bridgehead atoms. The Morgan fingerprint density at radius 2 is 2.18 bits per heavy atom. The molecule has 0 atom stereocenters. The van der Waals surface area contributed by atoms with Gasteiger partial charge in [-0.25, -0.2) is 4.98 Å². The Balaban J connectivity index is 2.37. The summed E-state index contributed by atoms with van der Waals surface area (Å²) in [6.45, 7) is 4.07. The number of thiazole rings is 1. The molecule has 0 fully saturated rings. The first-order chi connectivity index (χ1) is 7.99. The van der Waals surface area contributed by atoms with Crippen LogP contribution in [0, 0.1) is 0 Å². The minimum atomic E-state index is -0.880. The Labute approximate surface area is 104 Å². The van der Waals surface area contributed by atoms with Gasteiger partial charge in [0.2, 0.25) is 5.91 Å². The minimum Gasteiger partial charge on any atom is -0.481 e. The predicted molar refractivity (Wildman–Crippen MR) is 66.3 cm³/mol. The minimum absolute atomic E-state index is 0.0164. The van der Waals surface area contributed by atoms with Gasteiger partial charge in [-0.15, -0.1) is 11.3 Å². The van der Waals surface area contributed by atoms with Crippen LogP contribution >= 0.6 is 11.3 Å². The van der Waals surface area contributed by atoms with Crippen molar-refractivity contribution >= 4 is 28.3 Å². The Hall–Kier alpha value is -1.43. The third-order valence-electron chi connectivity index (χ3n) is 2.15. The normalized spacial score (nSPS) is 10.5. The number of carboxylic acid groups (broad SMARTS) is 1. The highest BCUT2D eigenvalue weighted by atomic mass is 32.1. The number of nitrogens with one attached hydrogen (secondary N) is 1. The smallest absolute Gasteiger partial charge is 0.303 e. The molecular formula is C11H16N2O3S. The lowest BCUT2D eigenvalue weighted by Crippen LogP contribution is -2.11. The molecule has 0 unspecified atom stereocenters. The van der Waals surface area contributed by atoms with Crippen molar-refractivity contribution in [2.45, 2.75) is 39.0 Å². The quantitative estimate of drug-likeness (QED) is 0.819. The van der Waals surface area contributed by atoms with Crippen molar-refractivity contribution in [2.75, 3.05) is 5.32 Å². The van der Waals surface area contributed by atoms with E-state index in [9.17, 15) is 9.59 Å². The molecule has 6 heteroatoms. The summed E-state index contributed by atoms with van der Waals surface area (Å²) < 4.78 is 0. The highest BCUT2D eigenvalue weighted by Crippen LogP contribution is 2.21. The summed E-state index contributed by atoms with van der Waals surface area (Å²) in [5.74, 6) is -0.728. The summed E-state index contributed by atoms with van der Waals surface area (Å²) in [5.41, 5.74) is 0.954. The summed E-state index contributed by atoms with van der Waals surface area (Å²) in [4.78, 5) is 26.0. The average molecular weight is 256 g/mol. The first-order valence-electron chi connectivity index (χ1n) is 5.46. The lowest BCUT2D eigenvalue weighted by molar-refractivity contribution is -0.137. The van der Waals surface area contributed by atoms with Gasteiger partial charge in [0.1, 0.15) is 0 Å². The highest BCUT2D eigenvalue weighted by molar-refractivity contribution is 7.13. The summed E-state index contributed by atoms with van der Waals surface area (Å²) in [7, 11) is 0. The second-order valence-electron chi connectivity index (χ2n) is 4.03. The van der Waals surface area contributed by atoms with Crippen molar-refractivity contribution in [3.05, 3.63) is 11.1 Å². The second kappa shape index (κ2) is 6.34. The topological polar surface area (TPSA) is 79.3 Å². The molecule has 0 radical (unpaired) electrons. The van der Waals surface area contributed by atoms with Gasteiger partial charge in [0.05, 0.1) is 5.69 Å². The Kier molecular flexibility index (Phi) is 5.09. The second-order valence-corrected chi connectivity index (χ2v) is 4.89. The molecule has 0 aliphatic rings. The van der Waals surface area contributed by atoms with E-state index in [1.807, 2.05) is 19.2 Å². The van der Waals surface area contributed by atoms with E-state index < -0.39 is 5.97 Å². The highest BCUT2D eigenvalue weighted by Gasteiger charge is 2.09. The van der Waals surface area contributed by atoms with Gasteiger partial charge in [-0.3, -0.25) is 9.59 Å². The van der Waals surface area contributed by atoms with Gasteiger partial charge >= 0.3 is 5.97 Å². The van der Waals surface area contributed by atoms with E-state index in [2.05, 4.69) is 10.3 Å². The van der Waals surface area contributed by atoms with Gasteiger partial charge in [0.25, 0.3) is 0 Å². The maximum absolute atomic E-state index is 11.4. The molecule has 1 aromatic heterocycles. The molecule has 0 saturated carbocycles. The van der Waals surface area contributed by atoms with Crippen LogP contribution in [0.2, 0.25) is 0 Å².